The Hall–Kier alpha value is -2.48. The summed E-state index contributed by atoms with van der Waals surface area (Å²) >= 11 is 0. The van der Waals surface area contributed by atoms with Gasteiger partial charge in [0.25, 0.3) is 17.7 Å². The third-order valence-electron chi connectivity index (χ3n) is 4.34. The van der Waals surface area contributed by atoms with Crippen LogP contribution in [-0.4, -0.2) is 47.2 Å². The molecule has 2 N–H and O–H groups in total. The monoisotopic (exact) mass is 438 g/mol. The van der Waals surface area contributed by atoms with Gasteiger partial charge in [-0.15, -0.1) is 24.8 Å². The van der Waals surface area contributed by atoms with Crippen LogP contribution in [0.3, 0.4) is 0 Å². The number of benzene rings is 1. The highest BCUT2D eigenvalue weighted by molar-refractivity contribution is 6.22. The maximum Gasteiger partial charge on any atom is 0.261 e. The van der Waals surface area contributed by atoms with E-state index in [4.69, 9.17) is 0 Å². The minimum atomic E-state index is -0.383. The zero-order chi connectivity index (χ0) is 19.2. The highest BCUT2D eigenvalue weighted by Gasteiger charge is 2.35. The number of aromatic nitrogens is 1. The second-order valence-corrected chi connectivity index (χ2v) is 6.32. The second-order valence-electron chi connectivity index (χ2n) is 6.32. The van der Waals surface area contributed by atoms with E-state index in [0.717, 1.165) is 18.5 Å². The molecule has 1 aromatic carbocycles. The first kappa shape index (κ1) is 24.6. The van der Waals surface area contributed by atoms with E-state index in [1.807, 2.05) is 0 Å². The van der Waals surface area contributed by atoms with Crippen molar-refractivity contribution in [2.24, 2.45) is 0 Å². The van der Waals surface area contributed by atoms with Crippen LogP contribution in [0.15, 0.2) is 42.7 Å². The van der Waals surface area contributed by atoms with Gasteiger partial charge in [-0.05, 0) is 48.9 Å². The lowest BCUT2D eigenvalue weighted by atomic mass is 10.1. The maximum atomic E-state index is 12.7. The SMILES string of the molecule is CCCNCCNC(=O)c1ccc2c(c1)C(=O)N(Cc1ccncc1)C2=O.Cl.Cl. The maximum absolute atomic E-state index is 12.7. The topological polar surface area (TPSA) is 91.4 Å². The molecule has 29 heavy (non-hydrogen) atoms. The van der Waals surface area contributed by atoms with Crippen LogP contribution in [-0.2, 0) is 6.54 Å². The van der Waals surface area contributed by atoms with Gasteiger partial charge in [0.2, 0.25) is 0 Å². The molecule has 3 amide bonds. The average molecular weight is 439 g/mol. The molecule has 1 aliphatic heterocycles. The van der Waals surface area contributed by atoms with Gasteiger partial charge in [0.15, 0.2) is 0 Å². The van der Waals surface area contributed by atoms with Crippen molar-refractivity contribution in [1.82, 2.24) is 20.5 Å². The van der Waals surface area contributed by atoms with E-state index in [2.05, 4.69) is 22.5 Å². The summed E-state index contributed by atoms with van der Waals surface area (Å²) in [5, 5.41) is 6.01. The summed E-state index contributed by atoms with van der Waals surface area (Å²) < 4.78 is 0. The Kier molecular flexibility index (Phi) is 9.74. The van der Waals surface area contributed by atoms with Crippen molar-refractivity contribution in [3.8, 4) is 0 Å². The number of carbonyl (C=O) groups is 3. The number of fused-ring (bicyclic) bond motifs is 1. The molecule has 0 saturated carbocycles. The first-order chi connectivity index (χ1) is 13.1. The lowest BCUT2D eigenvalue weighted by molar-refractivity contribution is 0.0642. The lowest BCUT2D eigenvalue weighted by Gasteiger charge is -2.13. The van der Waals surface area contributed by atoms with E-state index in [-0.39, 0.29) is 54.6 Å². The first-order valence-corrected chi connectivity index (χ1v) is 9.00. The van der Waals surface area contributed by atoms with Crippen molar-refractivity contribution < 1.29 is 14.4 Å². The minimum Gasteiger partial charge on any atom is -0.351 e. The highest BCUT2D eigenvalue weighted by atomic mass is 35.5. The molecule has 0 bridgehead atoms. The van der Waals surface area contributed by atoms with Gasteiger partial charge in [-0.2, -0.15) is 0 Å². The molecule has 156 valence electrons. The van der Waals surface area contributed by atoms with Crippen molar-refractivity contribution in [2.75, 3.05) is 19.6 Å². The number of pyridine rings is 1. The Balaban J connectivity index is 0.00000210. The molecule has 2 heterocycles. The van der Waals surface area contributed by atoms with Gasteiger partial charge >= 0.3 is 0 Å². The molecule has 1 aromatic heterocycles. The van der Waals surface area contributed by atoms with Gasteiger partial charge in [-0.3, -0.25) is 24.3 Å². The number of nitrogens with zero attached hydrogens (tertiary/aromatic N) is 2. The number of hydrogen-bond donors (Lipinski definition) is 2. The smallest absolute Gasteiger partial charge is 0.261 e. The van der Waals surface area contributed by atoms with Crippen LogP contribution in [0.5, 0.6) is 0 Å². The summed E-state index contributed by atoms with van der Waals surface area (Å²) in [5.41, 5.74) is 1.79. The van der Waals surface area contributed by atoms with Crippen LogP contribution in [0.2, 0.25) is 0 Å². The first-order valence-electron chi connectivity index (χ1n) is 9.00. The van der Waals surface area contributed by atoms with Gasteiger partial charge < -0.3 is 10.6 Å². The fourth-order valence-electron chi connectivity index (χ4n) is 2.91. The molecular formula is C20H24Cl2N4O3. The molecule has 1 aliphatic rings. The Morgan fingerprint density at radius 3 is 2.34 bits per heavy atom. The van der Waals surface area contributed by atoms with Gasteiger partial charge in [-0.25, -0.2) is 0 Å². The van der Waals surface area contributed by atoms with Gasteiger partial charge in [-0.1, -0.05) is 6.92 Å². The second kappa shape index (κ2) is 11.5. The number of rotatable bonds is 8. The molecule has 0 radical (unpaired) electrons. The Morgan fingerprint density at radius 2 is 1.66 bits per heavy atom. The molecule has 0 fully saturated rings. The molecule has 0 unspecified atom stereocenters. The number of imide groups is 1. The summed E-state index contributed by atoms with van der Waals surface area (Å²) in [6, 6.07) is 8.14. The zero-order valence-electron chi connectivity index (χ0n) is 16.0. The number of nitrogens with one attached hydrogen (secondary N) is 2. The zero-order valence-corrected chi connectivity index (χ0v) is 17.6. The van der Waals surface area contributed by atoms with Gasteiger partial charge in [0.1, 0.15) is 0 Å². The Bertz CT molecular complexity index is 862. The van der Waals surface area contributed by atoms with Crippen LogP contribution in [0.4, 0.5) is 0 Å². The van der Waals surface area contributed by atoms with E-state index in [9.17, 15) is 14.4 Å². The number of halogens is 2. The van der Waals surface area contributed by atoms with Crippen molar-refractivity contribution in [1.29, 1.82) is 0 Å². The molecule has 3 rings (SSSR count). The molecule has 0 aliphatic carbocycles. The fourth-order valence-corrected chi connectivity index (χ4v) is 2.91. The molecule has 0 saturated heterocycles. The summed E-state index contributed by atoms with van der Waals surface area (Å²) in [4.78, 5) is 42.6. The predicted octanol–water partition coefficient (Wildman–Crippen LogP) is 2.45. The largest absolute Gasteiger partial charge is 0.351 e. The number of hydrogen-bond acceptors (Lipinski definition) is 5. The molecule has 2 aromatic rings. The van der Waals surface area contributed by atoms with E-state index in [1.54, 1.807) is 36.7 Å². The number of carbonyl (C=O) groups excluding carboxylic acids is 3. The standard InChI is InChI=1S/C20H22N4O3.2ClH/c1-2-7-21-10-11-23-18(25)15-3-4-16-17(12-15)20(27)24(19(16)26)13-14-5-8-22-9-6-14;;/h3-6,8-9,12,21H,2,7,10-11,13H2,1H3,(H,23,25);2*1H. The number of amides is 3. The van der Waals surface area contributed by atoms with Crippen LogP contribution in [0, 0.1) is 0 Å². The molecular weight excluding hydrogens is 415 g/mol. The quantitative estimate of drug-likeness (QED) is 0.487. The third-order valence-corrected chi connectivity index (χ3v) is 4.34. The van der Waals surface area contributed by atoms with Crippen LogP contribution >= 0.6 is 24.8 Å². The minimum absolute atomic E-state index is 0. The molecule has 0 spiro atoms. The van der Waals surface area contributed by atoms with E-state index >= 15 is 0 Å². The van der Waals surface area contributed by atoms with Crippen molar-refractivity contribution in [3.63, 3.8) is 0 Å². The van der Waals surface area contributed by atoms with Crippen molar-refractivity contribution in [3.05, 3.63) is 65.0 Å². The predicted molar refractivity (Wildman–Crippen MR) is 115 cm³/mol. The Morgan fingerprint density at radius 1 is 0.966 bits per heavy atom. The van der Waals surface area contributed by atoms with Crippen molar-refractivity contribution >= 4 is 42.5 Å². The fraction of sp³-hybridized carbons (Fsp3) is 0.300. The molecule has 0 atom stereocenters. The summed E-state index contributed by atoms with van der Waals surface area (Å²) in [5.74, 6) is -0.988. The molecule has 7 nitrogen and oxygen atoms in total. The van der Waals surface area contributed by atoms with Crippen LogP contribution in [0.1, 0.15) is 50.0 Å². The third kappa shape index (κ3) is 5.76. The summed E-state index contributed by atoms with van der Waals surface area (Å²) in [7, 11) is 0. The summed E-state index contributed by atoms with van der Waals surface area (Å²) in [6.45, 7) is 4.34. The van der Waals surface area contributed by atoms with Crippen molar-refractivity contribution in [2.45, 2.75) is 19.9 Å². The summed E-state index contributed by atoms with van der Waals surface area (Å²) in [6.07, 6.45) is 4.27. The van der Waals surface area contributed by atoms with Crippen LogP contribution < -0.4 is 10.6 Å². The normalized spacial score (nSPS) is 12.1. The van der Waals surface area contributed by atoms with E-state index < -0.39 is 0 Å². The van der Waals surface area contributed by atoms with E-state index in [1.165, 1.54) is 11.0 Å². The van der Waals surface area contributed by atoms with Crippen LogP contribution in [0.25, 0.3) is 0 Å². The average Bonchev–Trinajstić information content (AvgIpc) is 2.93. The lowest BCUT2D eigenvalue weighted by Crippen LogP contribution is -2.32. The van der Waals surface area contributed by atoms with Gasteiger partial charge in [0, 0.05) is 31.0 Å². The Labute approximate surface area is 182 Å². The van der Waals surface area contributed by atoms with Gasteiger partial charge in [0.05, 0.1) is 17.7 Å². The molecule has 9 heteroatoms. The van der Waals surface area contributed by atoms with E-state index in [0.29, 0.717) is 24.2 Å². The highest BCUT2D eigenvalue weighted by Crippen LogP contribution is 2.25.